The lowest BCUT2D eigenvalue weighted by molar-refractivity contribution is -0.129. The minimum atomic E-state index is -0.512. The number of pyridine rings is 1. The van der Waals surface area contributed by atoms with Crippen LogP contribution in [0.3, 0.4) is 0 Å². The summed E-state index contributed by atoms with van der Waals surface area (Å²) in [7, 11) is 0. The van der Waals surface area contributed by atoms with E-state index in [9.17, 15) is 14.7 Å². The fraction of sp³-hybridized carbons (Fsp3) is 0.471. The minimum Gasteiger partial charge on any atom is -0.503 e. The molecule has 2 rings (SSSR count). The zero-order chi connectivity index (χ0) is 16.3. The van der Waals surface area contributed by atoms with E-state index in [1.807, 2.05) is 20.8 Å². The standard InChI is InChI=1S/C17H22N2O3/c1-4-9-19-15(12-5-7-18-8-6-12)14(16(21)17(19)22)13(20)10-11(2)3/h5-8,11,15,21H,4,9-10H2,1-3H3. The lowest BCUT2D eigenvalue weighted by Gasteiger charge is -2.26. The molecule has 5 nitrogen and oxygen atoms in total. The maximum Gasteiger partial charge on any atom is 0.290 e. The van der Waals surface area contributed by atoms with Gasteiger partial charge < -0.3 is 10.0 Å². The van der Waals surface area contributed by atoms with E-state index in [4.69, 9.17) is 0 Å². The van der Waals surface area contributed by atoms with E-state index in [0.29, 0.717) is 13.0 Å². The Morgan fingerprint density at radius 2 is 2.00 bits per heavy atom. The Morgan fingerprint density at radius 3 is 2.55 bits per heavy atom. The molecule has 0 saturated carbocycles. The molecule has 0 aromatic carbocycles. The van der Waals surface area contributed by atoms with Crippen molar-refractivity contribution < 1.29 is 14.7 Å². The van der Waals surface area contributed by atoms with Crippen molar-refractivity contribution in [2.45, 2.75) is 39.7 Å². The number of aliphatic hydroxyl groups is 1. The number of carbonyl (C=O) groups is 2. The molecule has 0 spiro atoms. The molecule has 0 aliphatic carbocycles. The van der Waals surface area contributed by atoms with Crippen LogP contribution in [0.4, 0.5) is 0 Å². The SMILES string of the molecule is CCCN1C(=O)C(O)=C(C(=O)CC(C)C)C1c1ccncc1. The zero-order valence-electron chi connectivity index (χ0n) is 13.2. The van der Waals surface area contributed by atoms with E-state index in [2.05, 4.69) is 4.98 Å². The molecule has 0 fully saturated rings. The quantitative estimate of drug-likeness (QED) is 0.877. The van der Waals surface area contributed by atoms with E-state index in [1.54, 1.807) is 29.4 Å². The van der Waals surface area contributed by atoms with Gasteiger partial charge in [-0.05, 0) is 30.0 Å². The first-order valence-corrected chi connectivity index (χ1v) is 7.64. The van der Waals surface area contributed by atoms with Crippen molar-refractivity contribution in [1.82, 2.24) is 9.88 Å². The smallest absolute Gasteiger partial charge is 0.290 e. The van der Waals surface area contributed by atoms with Gasteiger partial charge in [-0.15, -0.1) is 0 Å². The maximum absolute atomic E-state index is 12.5. The van der Waals surface area contributed by atoms with Gasteiger partial charge in [-0.3, -0.25) is 14.6 Å². The van der Waals surface area contributed by atoms with Crippen LogP contribution in [0.25, 0.3) is 0 Å². The number of carbonyl (C=O) groups excluding carboxylic acids is 2. The molecule has 0 saturated heterocycles. The number of aromatic nitrogens is 1. The Hall–Kier alpha value is -2.17. The summed E-state index contributed by atoms with van der Waals surface area (Å²) in [5.74, 6) is -0.862. The number of hydrogen-bond donors (Lipinski definition) is 1. The third kappa shape index (κ3) is 3.03. The van der Waals surface area contributed by atoms with E-state index in [-0.39, 0.29) is 17.3 Å². The number of aliphatic hydroxyl groups excluding tert-OH is 1. The molecule has 1 aliphatic heterocycles. The molecule has 0 radical (unpaired) electrons. The number of rotatable bonds is 6. The fourth-order valence-corrected chi connectivity index (χ4v) is 2.78. The molecule has 2 heterocycles. The van der Waals surface area contributed by atoms with Crippen molar-refractivity contribution >= 4 is 11.7 Å². The Kier molecular flexibility index (Phi) is 4.96. The Bertz CT molecular complexity index is 593. The summed E-state index contributed by atoms with van der Waals surface area (Å²) < 4.78 is 0. The van der Waals surface area contributed by atoms with E-state index in [1.165, 1.54) is 0 Å². The molecule has 0 bridgehead atoms. The van der Waals surface area contributed by atoms with Crippen LogP contribution in [0.1, 0.15) is 45.2 Å². The molecule has 1 aromatic heterocycles. The highest BCUT2D eigenvalue weighted by Gasteiger charge is 2.42. The molecule has 22 heavy (non-hydrogen) atoms. The van der Waals surface area contributed by atoms with Gasteiger partial charge >= 0.3 is 0 Å². The first kappa shape index (κ1) is 16.2. The lowest BCUT2D eigenvalue weighted by atomic mass is 9.92. The molecule has 118 valence electrons. The summed E-state index contributed by atoms with van der Waals surface area (Å²) in [5, 5.41) is 10.2. The lowest BCUT2D eigenvalue weighted by Crippen LogP contribution is -2.31. The van der Waals surface area contributed by atoms with Gasteiger partial charge in [-0.1, -0.05) is 20.8 Å². The van der Waals surface area contributed by atoms with Crippen molar-refractivity contribution in [2.24, 2.45) is 5.92 Å². The highest BCUT2D eigenvalue weighted by molar-refractivity contribution is 6.08. The zero-order valence-corrected chi connectivity index (χ0v) is 13.2. The van der Waals surface area contributed by atoms with Crippen LogP contribution >= 0.6 is 0 Å². The predicted octanol–water partition coefficient (Wildman–Crippen LogP) is 2.80. The molecule has 1 aliphatic rings. The number of amides is 1. The van der Waals surface area contributed by atoms with Gasteiger partial charge in [-0.25, -0.2) is 0 Å². The van der Waals surface area contributed by atoms with Crippen molar-refractivity contribution in [3.63, 3.8) is 0 Å². The van der Waals surface area contributed by atoms with Crippen LogP contribution in [0.2, 0.25) is 0 Å². The van der Waals surface area contributed by atoms with Gasteiger partial charge in [0.2, 0.25) is 0 Å². The van der Waals surface area contributed by atoms with Crippen LogP contribution in [0.5, 0.6) is 0 Å². The highest BCUT2D eigenvalue weighted by atomic mass is 16.3. The average Bonchev–Trinajstić information content (AvgIpc) is 2.73. The van der Waals surface area contributed by atoms with Crippen molar-refractivity contribution in [3.05, 3.63) is 41.4 Å². The van der Waals surface area contributed by atoms with Crippen LogP contribution < -0.4 is 0 Å². The number of Topliss-reactive ketones (excluding diaryl/α,β-unsaturated/α-hetero) is 1. The Morgan fingerprint density at radius 1 is 1.36 bits per heavy atom. The molecule has 1 amide bonds. The topological polar surface area (TPSA) is 70.5 Å². The summed E-state index contributed by atoms with van der Waals surface area (Å²) in [6.07, 6.45) is 4.33. The first-order chi connectivity index (χ1) is 10.5. The second kappa shape index (κ2) is 6.73. The fourth-order valence-electron chi connectivity index (χ4n) is 2.78. The van der Waals surface area contributed by atoms with Crippen molar-refractivity contribution in [3.8, 4) is 0 Å². The van der Waals surface area contributed by atoms with Crippen LogP contribution in [0.15, 0.2) is 35.9 Å². The molecule has 1 N–H and O–H groups in total. The molecule has 1 atom stereocenters. The van der Waals surface area contributed by atoms with Crippen molar-refractivity contribution in [2.75, 3.05) is 6.54 Å². The molecule has 5 heteroatoms. The van der Waals surface area contributed by atoms with Gasteiger partial charge in [0.25, 0.3) is 5.91 Å². The second-order valence-electron chi connectivity index (χ2n) is 5.97. The number of nitrogens with zero attached hydrogens (tertiary/aromatic N) is 2. The molecule has 1 unspecified atom stereocenters. The Balaban J connectivity index is 2.46. The van der Waals surface area contributed by atoms with Crippen LogP contribution in [0, 0.1) is 5.92 Å². The van der Waals surface area contributed by atoms with E-state index < -0.39 is 17.7 Å². The molecule has 1 aromatic rings. The second-order valence-corrected chi connectivity index (χ2v) is 5.97. The van der Waals surface area contributed by atoms with E-state index in [0.717, 1.165) is 12.0 Å². The monoisotopic (exact) mass is 302 g/mol. The summed E-state index contributed by atoms with van der Waals surface area (Å²) in [5.41, 5.74) is 1.02. The summed E-state index contributed by atoms with van der Waals surface area (Å²) in [6.45, 7) is 6.34. The largest absolute Gasteiger partial charge is 0.503 e. The third-order valence-corrected chi connectivity index (χ3v) is 3.68. The Labute approximate surface area is 130 Å². The van der Waals surface area contributed by atoms with Crippen LogP contribution in [-0.2, 0) is 9.59 Å². The molecular formula is C17H22N2O3. The van der Waals surface area contributed by atoms with Gasteiger partial charge in [0.15, 0.2) is 11.5 Å². The summed E-state index contributed by atoms with van der Waals surface area (Å²) in [6, 6.07) is 3.05. The van der Waals surface area contributed by atoms with E-state index >= 15 is 0 Å². The first-order valence-electron chi connectivity index (χ1n) is 7.64. The maximum atomic E-state index is 12.5. The highest BCUT2D eigenvalue weighted by Crippen LogP contribution is 2.38. The normalized spacial score (nSPS) is 18.5. The summed E-state index contributed by atoms with van der Waals surface area (Å²) in [4.78, 5) is 30.4. The number of ketones is 1. The minimum absolute atomic E-state index is 0.165. The van der Waals surface area contributed by atoms with Gasteiger partial charge in [0.1, 0.15) is 0 Å². The van der Waals surface area contributed by atoms with Gasteiger partial charge in [0, 0.05) is 25.4 Å². The van der Waals surface area contributed by atoms with Gasteiger partial charge in [-0.2, -0.15) is 0 Å². The summed E-state index contributed by atoms with van der Waals surface area (Å²) >= 11 is 0. The third-order valence-electron chi connectivity index (χ3n) is 3.68. The number of hydrogen-bond acceptors (Lipinski definition) is 4. The molecular weight excluding hydrogens is 280 g/mol. The van der Waals surface area contributed by atoms with Gasteiger partial charge in [0.05, 0.1) is 11.6 Å². The van der Waals surface area contributed by atoms with Crippen LogP contribution in [-0.4, -0.2) is 33.2 Å². The van der Waals surface area contributed by atoms with Crippen molar-refractivity contribution in [1.29, 1.82) is 0 Å². The average molecular weight is 302 g/mol. The predicted molar refractivity (Wildman–Crippen MR) is 83.1 cm³/mol.